The van der Waals surface area contributed by atoms with Gasteiger partial charge in [0.05, 0.1) is 11.9 Å². The minimum atomic E-state index is -0.409. The molecule has 3 rings (SSSR count). The van der Waals surface area contributed by atoms with Gasteiger partial charge < -0.3 is 10.2 Å². The third-order valence-electron chi connectivity index (χ3n) is 5.23. The molecular weight excluding hydrogens is 472 g/mol. The summed E-state index contributed by atoms with van der Waals surface area (Å²) in [4.78, 5) is 39.9. The monoisotopic (exact) mass is 498 g/mol. The lowest BCUT2D eigenvalue weighted by Gasteiger charge is -2.18. The first kappa shape index (κ1) is 23.7. The van der Waals surface area contributed by atoms with E-state index in [0.717, 1.165) is 29.3 Å². The van der Waals surface area contributed by atoms with Crippen molar-refractivity contribution in [1.82, 2.24) is 14.7 Å². The average molecular weight is 499 g/mol. The van der Waals surface area contributed by atoms with Crippen molar-refractivity contribution in [2.75, 3.05) is 18.9 Å². The number of hydrogen-bond acceptors (Lipinski definition) is 4. The third-order valence-corrected chi connectivity index (χ3v) is 5.73. The highest BCUT2D eigenvalue weighted by atomic mass is 79.9. The van der Waals surface area contributed by atoms with Crippen LogP contribution in [0.3, 0.4) is 0 Å². The number of unbranched alkanes of at least 4 members (excludes halogenated alkanes) is 2. The normalized spacial score (nSPS) is 10.9. The summed E-state index contributed by atoms with van der Waals surface area (Å²) in [6.07, 6.45) is 2.80. The molecular formula is C24H27BrN4O3. The highest BCUT2D eigenvalue weighted by Crippen LogP contribution is 2.20. The fraction of sp³-hybridized carbons (Fsp3) is 0.333. The van der Waals surface area contributed by atoms with E-state index in [1.54, 1.807) is 37.4 Å². The van der Waals surface area contributed by atoms with Crippen LogP contribution in [-0.2, 0) is 11.3 Å². The Kier molecular flexibility index (Phi) is 7.80. The predicted octanol–water partition coefficient (Wildman–Crippen LogP) is 4.37. The molecule has 7 nitrogen and oxygen atoms in total. The number of aromatic nitrogens is 2. The molecule has 0 saturated carbocycles. The Balaban J connectivity index is 1.83. The van der Waals surface area contributed by atoms with Gasteiger partial charge in [-0.05, 0) is 43.2 Å². The van der Waals surface area contributed by atoms with Gasteiger partial charge in [-0.25, -0.2) is 4.68 Å². The summed E-state index contributed by atoms with van der Waals surface area (Å²) in [6, 6.07) is 12.5. The van der Waals surface area contributed by atoms with Crippen molar-refractivity contribution in [3.63, 3.8) is 0 Å². The lowest BCUT2D eigenvalue weighted by molar-refractivity contribution is -0.116. The first-order chi connectivity index (χ1) is 15.3. The fourth-order valence-corrected chi connectivity index (χ4v) is 3.96. The zero-order chi connectivity index (χ0) is 23.3. The maximum atomic E-state index is 13.2. The number of carbonyl (C=O) groups is 2. The molecule has 168 valence electrons. The van der Waals surface area contributed by atoms with Gasteiger partial charge in [-0.15, -0.1) is 0 Å². The molecule has 0 bridgehead atoms. The molecule has 0 aliphatic heterocycles. The van der Waals surface area contributed by atoms with Crippen LogP contribution in [0, 0.1) is 6.92 Å². The molecule has 3 aromatic rings. The smallest absolute Gasteiger partial charge is 0.275 e. The van der Waals surface area contributed by atoms with Crippen molar-refractivity contribution in [1.29, 1.82) is 0 Å². The molecule has 0 saturated heterocycles. The van der Waals surface area contributed by atoms with Crippen LogP contribution in [0.15, 0.2) is 51.7 Å². The number of amides is 2. The summed E-state index contributed by atoms with van der Waals surface area (Å²) in [5.74, 6) is -0.722. The maximum absolute atomic E-state index is 13.2. The number of fused-ring (bicyclic) bond motifs is 1. The van der Waals surface area contributed by atoms with Gasteiger partial charge in [0.15, 0.2) is 5.69 Å². The molecule has 1 N–H and O–H groups in total. The minimum Gasteiger partial charge on any atom is -0.331 e. The molecule has 8 heteroatoms. The van der Waals surface area contributed by atoms with E-state index >= 15 is 0 Å². The van der Waals surface area contributed by atoms with Gasteiger partial charge in [0.2, 0.25) is 5.91 Å². The van der Waals surface area contributed by atoms with E-state index in [4.69, 9.17) is 0 Å². The summed E-state index contributed by atoms with van der Waals surface area (Å²) in [6.45, 7) is 4.29. The molecule has 2 amide bonds. The molecule has 32 heavy (non-hydrogen) atoms. The summed E-state index contributed by atoms with van der Waals surface area (Å²) in [5, 5.41) is 8.16. The standard InChI is InChI=1S/C24H27BrN4O3/c1-4-5-8-13-29-23(31)19-10-7-6-9-18(19)22(27-29)24(32)28(3)15-21(30)26-20-12-11-17(25)14-16(20)2/h6-7,9-12,14H,4-5,8,13,15H2,1-3H3,(H,26,30). The Labute approximate surface area is 195 Å². The molecule has 0 fully saturated rings. The second-order valence-corrected chi connectivity index (χ2v) is 8.71. The fourth-order valence-electron chi connectivity index (χ4n) is 3.48. The topological polar surface area (TPSA) is 84.3 Å². The number of aryl methyl sites for hydroxylation is 2. The van der Waals surface area contributed by atoms with Gasteiger partial charge in [0.25, 0.3) is 11.5 Å². The van der Waals surface area contributed by atoms with Crippen molar-refractivity contribution >= 4 is 44.2 Å². The Hall–Kier alpha value is -3.00. The summed E-state index contributed by atoms with van der Waals surface area (Å²) in [5.41, 5.74) is 1.56. The first-order valence-corrected chi connectivity index (χ1v) is 11.4. The van der Waals surface area contributed by atoms with Gasteiger partial charge in [0.1, 0.15) is 0 Å². The zero-order valence-corrected chi connectivity index (χ0v) is 20.1. The van der Waals surface area contributed by atoms with Crippen molar-refractivity contribution < 1.29 is 9.59 Å². The Morgan fingerprint density at radius 1 is 1.12 bits per heavy atom. The SMILES string of the molecule is CCCCCn1nc(C(=O)N(C)CC(=O)Nc2ccc(Br)cc2C)c2ccccc2c1=O. The van der Waals surface area contributed by atoms with Crippen LogP contribution in [0.4, 0.5) is 5.69 Å². The third kappa shape index (κ3) is 5.43. The van der Waals surface area contributed by atoms with Crippen LogP contribution in [0.25, 0.3) is 10.8 Å². The summed E-state index contributed by atoms with van der Waals surface area (Å²) in [7, 11) is 1.55. The van der Waals surface area contributed by atoms with Crippen molar-refractivity contribution in [3.8, 4) is 0 Å². The van der Waals surface area contributed by atoms with E-state index in [2.05, 4.69) is 33.3 Å². The van der Waals surface area contributed by atoms with Gasteiger partial charge in [0, 0.05) is 29.1 Å². The van der Waals surface area contributed by atoms with Gasteiger partial charge in [-0.1, -0.05) is 53.9 Å². The quantitative estimate of drug-likeness (QED) is 0.467. The molecule has 1 aromatic heterocycles. The largest absolute Gasteiger partial charge is 0.331 e. The number of benzene rings is 2. The van der Waals surface area contributed by atoms with Crippen LogP contribution < -0.4 is 10.9 Å². The second kappa shape index (κ2) is 10.5. The lowest BCUT2D eigenvalue weighted by atomic mass is 10.1. The Morgan fingerprint density at radius 2 is 1.84 bits per heavy atom. The number of rotatable bonds is 8. The van der Waals surface area contributed by atoms with E-state index in [9.17, 15) is 14.4 Å². The molecule has 0 atom stereocenters. The molecule has 1 heterocycles. The van der Waals surface area contributed by atoms with E-state index in [1.807, 2.05) is 19.1 Å². The average Bonchev–Trinajstić information content (AvgIpc) is 2.77. The molecule has 0 radical (unpaired) electrons. The number of nitrogens with zero attached hydrogens (tertiary/aromatic N) is 3. The number of carbonyl (C=O) groups excluding carboxylic acids is 2. The second-order valence-electron chi connectivity index (χ2n) is 7.80. The number of nitrogens with one attached hydrogen (secondary N) is 1. The van der Waals surface area contributed by atoms with E-state index < -0.39 is 5.91 Å². The van der Waals surface area contributed by atoms with Gasteiger partial charge in [-0.3, -0.25) is 14.4 Å². The van der Waals surface area contributed by atoms with Crippen molar-refractivity contribution in [3.05, 3.63) is 68.5 Å². The summed E-state index contributed by atoms with van der Waals surface area (Å²) >= 11 is 3.40. The lowest BCUT2D eigenvalue weighted by Crippen LogP contribution is -2.37. The molecule has 0 aliphatic rings. The number of hydrogen-bond donors (Lipinski definition) is 1. The predicted molar refractivity (Wildman–Crippen MR) is 130 cm³/mol. The van der Waals surface area contributed by atoms with Crippen molar-refractivity contribution in [2.45, 2.75) is 39.7 Å². The first-order valence-electron chi connectivity index (χ1n) is 10.6. The highest BCUT2D eigenvalue weighted by Gasteiger charge is 2.21. The Bertz CT molecular complexity index is 1210. The summed E-state index contributed by atoms with van der Waals surface area (Å²) < 4.78 is 2.29. The Morgan fingerprint density at radius 3 is 2.53 bits per heavy atom. The van der Waals surface area contributed by atoms with E-state index in [1.165, 1.54) is 9.58 Å². The van der Waals surface area contributed by atoms with Gasteiger partial charge >= 0.3 is 0 Å². The van der Waals surface area contributed by atoms with Crippen LogP contribution in [0.5, 0.6) is 0 Å². The molecule has 0 spiro atoms. The van der Waals surface area contributed by atoms with Gasteiger partial charge in [-0.2, -0.15) is 5.10 Å². The maximum Gasteiger partial charge on any atom is 0.275 e. The number of anilines is 1. The molecule has 0 aliphatic carbocycles. The van der Waals surface area contributed by atoms with Crippen LogP contribution in [0.1, 0.15) is 42.2 Å². The zero-order valence-electron chi connectivity index (χ0n) is 18.5. The van der Waals surface area contributed by atoms with Crippen molar-refractivity contribution in [2.24, 2.45) is 0 Å². The van der Waals surface area contributed by atoms with Crippen LogP contribution in [0.2, 0.25) is 0 Å². The number of halogens is 1. The molecule has 0 unspecified atom stereocenters. The number of likely N-dealkylation sites (N-methyl/N-ethyl adjacent to an activating group) is 1. The highest BCUT2D eigenvalue weighted by molar-refractivity contribution is 9.10. The molecule has 2 aromatic carbocycles. The van der Waals surface area contributed by atoms with E-state index in [0.29, 0.717) is 23.0 Å². The van der Waals surface area contributed by atoms with Crippen LogP contribution in [-0.4, -0.2) is 40.1 Å². The van der Waals surface area contributed by atoms with Crippen LogP contribution >= 0.6 is 15.9 Å². The van der Waals surface area contributed by atoms with E-state index in [-0.39, 0.29) is 23.7 Å². The minimum absolute atomic E-state index is 0.140.